The fourth-order valence-electron chi connectivity index (χ4n) is 5.88. The van der Waals surface area contributed by atoms with Crippen molar-refractivity contribution in [2.45, 2.75) is 51.0 Å². The molecule has 2 fully saturated rings. The van der Waals surface area contributed by atoms with Gasteiger partial charge in [0.25, 0.3) is 0 Å². The first kappa shape index (κ1) is 23.8. The molecule has 6 heteroatoms. The second-order valence-electron chi connectivity index (χ2n) is 10.4. The number of methoxy groups -OCH3 is 1. The Balaban J connectivity index is 1.28. The maximum atomic E-state index is 5.42. The van der Waals surface area contributed by atoms with Crippen molar-refractivity contribution in [1.29, 1.82) is 0 Å². The zero-order valence-corrected chi connectivity index (χ0v) is 21.9. The van der Waals surface area contributed by atoms with Crippen LogP contribution in [0.1, 0.15) is 62.1 Å². The highest BCUT2D eigenvalue weighted by Gasteiger charge is 2.31. The summed E-state index contributed by atoms with van der Waals surface area (Å²) in [5.74, 6) is 1.41. The summed E-state index contributed by atoms with van der Waals surface area (Å²) in [6.07, 6.45) is 8.68. The van der Waals surface area contributed by atoms with Crippen molar-refractivity contribution < 1.29 is 4.74 Å². The fourth-order valence-corrected chi connectivity index (χ4v) is 5.88. The van der Waals surface area contributed by atoms with E-state index >= 15 is 0 Å². The Hall–Kier alpha value is -3.54. The molecule has 0 amide bonds. The second-order valence-corrected chi connectivity index (χ2v) is 10.4. The number of benzene rings is 2. The van der Waals surface area contributed by atoms with Crippen LogP contribution in [-0.4, -0.2) is 44.0 Å². The highest BCUT2D eigenvalue weighted by molar-refractivity contribution is 6.03. The summed E-state index contributed by atoms with van der Waals surface area (Å²) < 4.78 is 5.42. The minimum Gasteiger partial charge on any atom is -0.481 e. The van der Waals surface area contributed by atoms with Crippen LogP contribution in [0.25, 0.3) is 0 Å². The number of aromatic nitrogens is 1. The topological polar surface area (TPSA) is 44.2 Å². The van der Waals surface area contributed by atoms with Crippen molar-refractivity contribution in [2.75, 3.05) is 48.1 Å². The summed E-state index contributed by atoms with van der Waals surface area (Å²) in [6, 6.07) is 24.1. The minimum atomic E-state index is 0.0896. The molecule has 192 valence electrons. The summed E-state index contributed by atoms with van der Waals surface area (Å²) >= 11 is 0. The smallest absolute Gasteiger partial charge is 0.214 e. The van der Waals surface area contributed by atoms with Gasteiger partial charge in [0, 0.05) is 50.0 Å². The van der Waals surface area contributed by atoms with Gasteiger partial charge in [0.05, 0.1) is 18.9 Å². The van der Waals surface area contributed by atoms with Crippen LogP contribution in [0.15, 0.2) is 71.8 Å². The molecule has 3 aliphatic heterocycles. The van der Waals surface area contributed by atoms with Crippen molar-refractivity contribution in [1.82, 2.24) is 4.98 Å². The lowest BCUT2D eigenvalue weighted by molar-refractivity contribution is 0.397. The molecule has 3 aliphatic rings. The summed E-state index contributed by atoms with van der Waals surface area (Å²) in [5.41, 5.74) is 6.18. The number of nitrogens with zero attached hydrogens (tertiary/aromatic N) is 5. The number of anilines is 3. The molecule has 1 unspecified atom stereocenters. The first-order chi connectivity index (χ1) is 18.3. The molecule has 1 aromatic heterocycles. The lowest BCUT2D eigenvalue weighted by Gasteiger charge is -2.29. The zero-order valence-electron chi connectivity index (χ0n) is 21.9. The summed E-state index contributed by atoms with van der Waals surface area (Å²) in [6.45, 7) is 4.63. The average Bonchev–Trinajstić information content (AvgIpc) is 3.44. The van der Waals surface area contributed by atoms with Crippen LogP contribution in [0.5, 0.6) is 5.88 Å². The Morgan fingerprint density at radius 2 is 1.30 bits per heavy atom. The zero-order chi connectivity index (χ0) is 25.0. The van der Waals surface area contributed by atoms with E-state index in [1.165, 1.54) is 61.0 Å². The lowest BCUT2D eigenvalue weighted by Crippen LogP contribution is -2.29. The Morgan fingerprint density at radius 3 is 1.89 bits per heavy atom. The molecule has 0 aliphatic carbocycles. The third kappa shape index (κ3) is 5.15. The number of piperidine rings is 2. The van der Waals surface area contributed by atoms with Crippen LogP contribution < -0.4 is 19.5 Å². The standard InChI is InChI=1S/C31H37N5O/c1-37-31-10-8-9-30(32-31)36-29(25-13-17-27(18-14-25)35-21-6-3-7-22-35)23-28(33-36)24-11-15-26(16-12-24)34-19-4-2-5-20-34/h8-18,29H,2-7,19-23H2,1H3. The minimum absolute atomic E-state index is 0.0896. The summed E-state index contributed by atoms with van der Waals surface area (Å²) in [5, 5.41) is 7.20. The molecule has 3 aromatic rings. The van der Waals surface area contributed by atoms with Gasteiger partial charge in [0.2, 0.25) is 5.88 Å². The highest BCUT2D eigenvalue weighted by Crippen LogP contribution is 2.37. The number of pyridine rings is 1. The van der Waals surface area contributed by atoms with Gasteiger partial charge < -0.3 is 14.5 Å². The number of hydrogen-bond donors (Lipinski definition) is 0. The molecule has 1 atom stereocenters. The third-order valence-electron chi connectivity index (χ3n) is 7.98. The van der Waals surface area contributed by atoms with Crippen LogP contribution >= 0.6 is 0 Å². The van der Waals surface area contributed by atoms with Gasteiger partial charge in [-0.3, -0.25) is 0 Å². The maximum absolute atomic E-state index is 5.42. The van der Waals surface area contributed by atoms with E-state index in [1.54, 1.807) is 7.11 Å². The molecular formula is C31H37N5O. The molecule has 6 nitrogen and oxygen atoms in total. The fraction of sp³-hybridized carbons (Fsp3) is 0.419. The summed E-state index contributed by atoms with van der Waals surface area (Å²) in [7, 11) is 1.66. The van der Waals surface area contributed by atoms with Gasteiger partial charge >= 0.3 is 0 Å². The maximum Gasteiger partial charge on any atom is 0.214 e. The van der Waals surface area contributed by atoms with Crippen LogP contribution in [0.2, 0.25) is 0 Å². The monoisotopic (exact) mass is 495 g/mol. The first-order valence-electron chi connectivity index (χ1n) is 13.9. The normalized spacial score (nSPS) is 20.2. The quantitative estimate of drug-likeness (QED) is 0.394. The largest absolute Gasteiger partial charge is 0.481 e. The van der Waals surface area contributed by atoms with Crippen molar-refractivity contribution in [2.24, 2.45) is 5.10 Å². The number of hydrogen-bond acceptors (Lipinski definition) is 6. The van der Waals surface area contributed by atoms with Gasteiger partial charge in [-0.1, -0.05) is 30.3 Å². The van der Waals surface area contributed by atoms with Crippen molar-refractivity contribution in [3.05, 3.63) is 77.9 Å². The molecule has 2 aromatic carbocycles. The van der Waals surface area contributed by atoms with Crippen LogP contribution in [0.4, 0.5) is 17.2 Å². The molecular weight excluding hydrogens is 458 g/mol. The van der Waals surface area contributed by atoms with E-state index in [2.05, 4.69) is 63.3 Å². The van der Waals surface area contributed by atoms with Crippen molar-refractivity contribution in [3.63, 3.8) is 0 Å². The SMILES string of the molecule is COc1cccc(N2N=C(c3ccc(N4CCCCC4)cc3)CC2c2ccc(N3CCCCC3)cc2)n1. The molecule has 0 N–H and O–H groups in total. The van der Waals surface area contributed by atoms with Gasteiger partial charge in [0.15, 0.2) is 5.82 Å². The Bertz CT molecular complexity index is 1210. The van der Waals surface area contributed by atoms with E-state index in [-0.39, 0.29) is 6.04 Å². The molecule has 0 saturated carbocycles. The van der Waals surface area contributed by atoms with Gasteiger partial charge in [-0.2, -0.15) is 10.1 Å². The number of rotatable bonds is 6. The Labute approximate surface area is 220 Å². The number of hydrazone groups is 1. The summed E-state index contributed by atoms with van der Waals surface area (Å²) in [4.78, 5) is 9.74. The van der Waals surface area contributed by atoms with Gasteiger partial charge in [-0.05, 0) is 80.0 Å². The third-order valence-corrected chi connectivity index (χ3v) is 7.98. The second kappa shape index (κ2) is 10.8. The average molecular weight is 496 g/mol. The van der Waals surface area contributed by atoms with Crippen LogP contribution in [0.3, 0.4) is 0 Å². The predicted octanol–water partition coefficient (Wildman–Crippen LogP) is 6.43. The highest BCUT2D eigenvalue weighted by atomic mass is 16.5. The van der Waals surface area contributed by atoms with E-state index in [1.807, 2.05) is 18.2 Å². The molecule has 0 radical (unpaired) electrons. The van der Waals surface area contributed by atoms with E-state index in [9.17, 15) is 0 Å². The predicted molar refractivity (Wildman–Crippen MR) is 152 cm³/mol. The lowest BCUT2D eigenvalue weighted by atomic mass is 9.97. The van der Waals surface area contributed by atoms with Crippen LogP contribution in [0, 0.1) is 0 Å². The number of ether oxygens (including phenoxy) is 1. The van der Waals surface area contributed by atoms with Crippen LogP contribution in [-0.2, 0) is 0 Å². The first-order valence-corrected chi connectivity index (χ1v) is 13.9. The van der Waals surface area contributed by atoms with Gasteiger partial charge in [0.1, 0.15) is 0 Å². The molecule has 2 saturated heterocycles. The van der Waals surface area contributed by atoms with Crippen molar-refractivity contribution in [3.8, 4) is 5.88 Å². The molecule has 0 spiro atoms. The van der Waals surface area contributed by atoms with Gasteiger partial charge in [-0.25, -0.2) is 5.01 Å². The molecule has 37 heavy (non-hydrogen) atoms. The Morgan fingerprint density at radius 1 is 0.703 bits per heavy atom. The van der Waals surface area contributed by atoms with E-state index in [0.717, 1.165) is 44.1 Å². The Kier molecular flexibility index (Phi) is 6.98. The molecule has 6 rings (SSSR count). The molecule has 4 heterocycles. The van der Waals surface area contributed by atoms with E-state index in [4.69, 9.17) is 14.8 Å². The van der Waals surface area contributed by atoms with E-state index < -0.39 is 0 Å². The van der Waals surface area contributed by atoms with Crippen molar-refractivity contribution >= 4 is 22.9 Å². The van der Waals surface area contributed by atoms with Gasteiger partial charge in [-0.15, -0.1) is 0 Å². The molecule has 0 bridgehead atoms. The van der Waals surface area contributed by atoms with E-state index in [0.29, 0.717) is 5.88 Å².